The predicted molar refractivity (Wildman–Crippen MR) is 137 cm³/mol. The lowest BCUT2D eigenvalue weighted by Crippen LogP contribution is -2.40. The van der Waals surface area contributed by atoms with Gasteiger partial charge in [0.05, 0.1) is 33.3 Å². The minimum absolute atomic E-state index is 0.201. The number of sulfonamides is 1. The van der Waals surface area contributed by atoms with Gasteiger partial charge in [0.1, 0.15) is 5.82 Å². The third kappa shape index (κ3) is 4.50. The maximum Gasteiger partial charge on any atom is 0.245 e. The molecule has 0 spiro atoms. The number of nitrogens with zero attached hydrogens (tertiary/aromatic N) is 5. The van der Waals surface area contributed by atoms with Crippen molar-refractivity contribution in [3.8, 4) is 11.3 Å². The smallest absolute Gasteiger partial charge is 0.245 e. The van der Waals surface area contributed by atoms with Crippen LogP contribution in [0, 0.1) is 6.92 Å². The lowest BCUT2D eigenvalue weighted by molar-refractivity contribution is 0.491. The first-order valence-electron chi connectivity index (χ1n) is 11.2. The van der Waals surface area contributed by atoms with Gasteiger partial charge in [0.15, 0.2) is 0 Å². The van der Waals surface area contributed by atoms with Crippen molar-refractivity contribution < 1.29 is 8.42 Å². The van der Waals surface area contributed by atoms with Crippen molar-refractivity contribution in [1.82, 2.24) is 28.9 Å². The van der Waals surface area contributed by atoms with Crippen molar-refractivity contribution in [3.05, 3.63) is 66.6 Å². The summed E-state index contributed by atoms with van der Waals surface area (Å²) in [5.74, 6) is 1.36. The minimum Gasteiger partial charge on any atom is -0.331 e. The molecule has 35 heavy (non-hydrogen) atoms. The first-order valence-corrected chi connectivity index (χ1v) is 12.7. The van der Waals surface area contributed by atoms with Crippen LogP contribution < -0.4 is 10.0 Å². The molecule has 2 N–H and O–H groups in total. The van der Waals surface area contributed by atoms with E-state index < -0.39 is 15.6 Å². The molecule has 0 amide bonds. The van der Waals surface area contributed by atoms with Crippen molar-refractivity contribution in [2.75, 3.05) is 5.32 Å². The van der Waals surface area contributed by atoms with E-state index in [1.807, 2.05) is 75.7 Å². The van der Waals surface area contributed by atoms with E-state index in [-0.39, 0.29) is 4.90 Å². The quantitative estimate of drug-likeness (QED) is 0.379. The molecule has 0 radical (unpaired) electrons. The number of benzene rings is 2. The molecule has 0 bridgehead atoms. The van der Waals surface area contributed by atoms with Gasteiger partial charge in [-0.1, -0.05) is 12.1 Å². The van der Waals surface area contributed by atoms with Crippen molar-refractivity contribution in [3.63, 3.8) is 0 Å². The first kappa shape index (κ1) is 23.0. The zero-order valence-electron chi connectivity index (χ0n) is 20.2. The molecule has 5 aromatic rings. The highest BCUT2D eigenvalue weighted by atomic mass is 32.2. The van der Waals surface area contributed by atoms with Crippen molar-refractivity contribution in [2.24, 2.45) is 7.05 Å². The summed E-state index contributed by atoms with van der Waals surface area (Å²) in [5, 5.41) is 7.94. The molecule has 0 saturated heterocycles. The summed E-state index contributed by atoms with van der Waals surface area (Å²) in [4.78, 5) is 9.18. The average Bonchev–Trinajstić information content (AvgIpc) is 3.33. The van der Waals surface area contributed by atoms with E-state index in [4.69, 9.17) is 0 Å². The normalized spacial score (nSPS) is 12.5. The van der Waals surface area contributed by atoms with Crippen LogP contribution in [0.15, 0.2) is 65.7 Å². The Balaban J connectivity index is 1.50. The number of imidazole rings is 1. The fraction of sp³-hybridized carbons (Fsp3) is 0.240. The lowest BCUT2D eigenvalue weighted by atomic mass is 10.1. The molecule has 0 fully saturated rings. The number of hydrogen-bond donors (Lipinski definition) is 2. The van der Waals surface area contributed by atoms with Gasteiger partial charge >= 0.3 is 0 Å². The van der Waals surface area contributed by atoms with E-state index >= 15 is 0 Å². The molecule has 9 nitrogen and oxygen atoms in total. The maximum atomic E-state index is 12.8. The molecule has 0 aliphatic carbocycles. The second-order valence-electron chi connectivity index (χ2n) is 9.57. The molecule has 2 aromatic carbocycles. The Morgan fingerprint density at radius 1 is 1.00 bits per heavy atom. The number of anilines is 2. The lowest BCUT2D eigenvalue weighted by Gasteiger charge is -2.20. The highest BCUT2D eigenvalue weighted by molar-refractivity contribution is 7.89. The standard InChI is InChI=1S/C25H27N7O2S/c1-16-27-21-11-9-18(14-23(21)31(16)5)28-24-26-15-19-10-12-22(32(19)29-24)17-7-6-8-20(13-17)35(33,34)30-25(2,3)4/h6-15,30H,1-5H3,(H,28,29). The third-order valence-corrected chi connectivity index (χ3v) is 7.40. The molecular weight excluding hydrogens is 462 g/mol. The zero-order valence-corrected chi connectivity index (χ0v) is 21.1. The van der Waals surface area contributed by atoms with Gasteiger partial charge in [-0.3, -0.25) is 0 Å². The molecule has 3 aromatic heterocycles. The van der Waals surface area contributed by atoms with Crippen LogP contribution in [0.2, 0.25) is 0 Å². The van der Waals surface area contributed by atoms with Gasteiger partial charge in [0.2, 0.25) is 16.0 Å². The van der Waals surface area contributed by atoms with Crippen molar-refractivity contribution in [2.45, 2.75) is 38.1 Å². The van der Waals surface area contributed by atoms with Gasteiger partial charge in [-0.05, 0) is 70.2 Å². The van der Waals surface area contributed by atoms with Crippen LogP contribution in [0.5, 0.6) is 0 Å². The number of aromatic nitrogens is 5. The summed E-state index contributed by atoms with van der Waals surface area (Å²) < 4.78 is 32.2. The molecule has 0 unspecified atom stereocenters. The van der Waals surface area contributed by atoms with Gasteiger partial charge in [-0.15, -0.1) is 5.10 Å². The van der Waals surface area contributed by atoms with E-state index in [1.54, 1.807) is 28.9 Å². The second kappa shape index (κ2) is 8.17. The van der Waals surface area contributed by atoms with Crippen LogP contribution in [-0.4, -0.2) is 38.1 Å². The first-order chi connectivity index (χ1) is 16.5. The van der Waals surface area contributed by atoms with Crippen LogP contribution in [0.25, 0.3) is 27.8 Å². The second-order valence-corrected chi connectivity index (χ2v) is 11.2. The van der Waals surface area contributed by atoms with Crippen LogP contribution in [0.1, 0.15) is 26.6 Å². The number of aryl methyl sites for hydroxylation is 2. The van der Waals surface area contributed by atoms with Crippen LogP contribution in [-0.2, 0) is 17.1 Å². The monoisotopic (exact) mass is 489 g/mol. The Morgan fingerprint density at radius 3 is 2.57 bits per heavy atom. The van der Waals surface area contributed by atoms with E-state index in [0.717, 1.165) is 39.3 Å². The Bertz CT molecular complexity index is 1680. The summed E-state index contributed by atoms with van der Waals surface area (Å²) in [6.07, 6.45) is 1.73. The molecule has 0 atom stereocenters. The Labute approximate surface area is 203 Å². The number of hydrogen-bond acceptors (Lipinski definition) is 6. The summed E-state index contributed by atoms with van der Waals surface area (Å²) in [6.45, 7) is 7.41. The predicted octanol–water partition coefficient (Wildman–Crippen LogP) is 4.41. The molecule has 0 aliphatic heterocycles. The van der Waals surface area contributed by atoms with Gasteiger partial charge in [0, 0.05) is 23.8 Å². The highest BCUT2D eigenvalue weighted by Crippen LogP contribution is 2.26. The van der Waals surface area contributed by atoms with Gasteiger partial charge < -0.3 is 9.88 Å². The number of fused-ring (bicyclic) bond motifs is 2. The topological polar surface area (TPSA) is 106 Å². The summed E-state index contributed by atoms with van der Waals surface area (Å²) in [5.41, 5.74) is 4.49. The summed E-state index contributed by atoms with van der Waals surface area (Å²) >= 11 is 0. The molecular formula is C25H27N7O2S. The molecule has 180 valence electrons. The van der Waals surface area contributed by atoms with Crippen LogP contribution in [0.4, 0.5) is 11.6 Å². The van der Waals surface area contributed by atoms with Crippen molar-refractivity contribution >= 4 is 38.2 Å². The fourth-order valence-corrected chi connectivity index (χ4v) is 5.44. The zero-order chi connectivity index (χ0) is 25.0. The minimum atomic E-state index is -3.66. The SMILES string of the molecule is Cc1nc2ccc(Nc3ncc4ccc(-c5cccc(S(=O)(=O)NC(C)(C)C)c5)n4n3)cc2n1C. The Morgan fingerprint density at radius 2 is 1.80 bits per heavy atom. The maximum absolute atomic E-state index is 12.8. The van der Waals surface area contributed by atoms with E-state index in [9.17, 15) is 8.42 Å². The fourth-order valence-electron chi connectivity index (χ4n) is 3.98. The third-order valence-electron chi connectivity index (χ3n) is 5.64. The number of nitrogens with one attached hydrogen (secondary N) is 2. The van der Waals surface area contributed by atoms with E-state index in [1.165, 1.54) is 0 Å². The van der Waals surface area contributed by atoms with Gasteiger partial charge in [-0.2, -0.15) is 0 Å². The summed E-state index contributed by atoms with van der Waals surface area (Å²) in [6, 6.07) is 16.6. The molecule has 0 aliphatic rings. The largest absolute Gasteiger partial charge is 0.331 e. The molecule has 0 saturated carbocycles. The van der Waals surface area contributed by atoms with Gasteiger partial charge in [0.25, 0.3) is 0 Å². The van der Waals surface area contributed by atoms with Crippen LogP contribution in [0.3, 0.4) is 0 Å². The molecule has 5 rings (SSSR count). The van der Waals surface area contributed by atoms with E-state index in [2.05, 4.69) is 25.1 Å². The van der Waals surface area contributed by atoms with E-state index in [0.29, 0.717) is 5.95 Å². The molecule has 10 heteroatoms. The van der Waals surface area contributed by atoms with Crippen molar-refractivity contribution in [1.29, 1.82) is 0 Å². The highest BCUT2D eigenvalue weighted by Gasteiger charge is 2.22. The van der Waals surface area contributed by atoms with Gasteiger partial charge in [-0.25, -0.2) is 27.6 Å². The van der Waals surface area contributed by atoms with Crippen LogP contribution >= 0.6 is 0 Å². The Hall–Kier alpha value is -3.76. The average molecular weight is 490 g/mol. The molecule has 3 heterocycles. The Kier molecular flexibility index (Phi) is 5.37. The number of rotatable bonds is 5. The summed E-state index contributed by atoms with van der Waals surface area (Å²) in [7, 11) is -1.68.